The Hall–Kier alpha value is -4.01. The van der Waals surface area contributed by atoms with Crippen LogP contribution in [0.2, 0.25) is 0 Å². The Morgan fingerprint density at radius 1 is 0.944 bits per heavy atom. The number of rotatable bonds is 13. The van der Waals surface area contributed by atoms with Crippen molar-refractivity contribution < 1.29 is 44.4 Å². The number of aliphatic hydroxyl groups is 2. The van der Waals surface area contributed by atoms with Crippen LogP contribution in [0.3, 0.4) is 0 Å². The van der Waals surface area contributed by atoms with Crippen LogP contribution in [0.15, 0.2) is 30.5 Å². The fourth-order valence-corrected chi connectivity index (χ4v) is 3.33. The Morgan fingerprint density at radius 2 is 1.53 bits per heavy atom. The number of para-hydroxylation sites is 1. The van der Waals surface area contributed by atoms with Gasteiger partial charge in [0.05, 0.1) is 19.1 Å². The van der Waals surface area contributed by atoms with E-state index in [1.807, 2.05) is 0 Å². The molecule has 0 saturated carbocycles. The second-order valence-electron chi connectivity index (χ2n) is 8.13. The highest BCUT2D eigenvalue weighted by Gasteiger charge is 2.32. The van der Waals surface area contributed by atoms with Crippen molar-refractivity contribution in [1.29, 1.82) is 0 Å². The highest BCUT2D eigenvalue weighted by atomic mass is 16.4. The molecule has 0 saturated heterocycles. The maximum absolute atomic E-state index is 12.7. The first-order chi connectivity index (χ1) is 16.9. The Labute approximate surface area is 204 Å². The number of benzene rings is 1. The predicted molar refractivity (Wildman–Crippen MR) is 124 cm³/mol. The lowest BCUT2D eigenvalue weighted by Crippen LogP contribution is -2.59. The van der Waals surface area contributed by atoms with Gasteiger partial charge in [0.25, 0.3) is 0 Å². The lowest BCUT2D eigenvalue weighted by atomic mass is 10.0. The second kappa shape index (κ2) is 12.6. The van der Waals surface area contributed by atoms with Gasteiger partial charge in [0.15, 0.2) is 0 Å². The first kappa shape index (κ1) is 28.2. The third-order valence-electron chi connectivity index (χ3n) is 5.36. The fraction of sp³-hybridized carbons (Fsp3) is 0.409. The minimum atomic E-state index is -1.69. The molecule has 36 heavy (non-hydrogen) atoms. The summed E-state index contributed by atoms with van der Waals surface area (Å²) in [7, 11) is 0. The molecule has 1 aromatic carbocycles. The molecule has 5 unspecified atom stereocenters. The fourth-order valence-electron chi connectivity index (χ4n) is 3.33. The molecule has 2 aromatic rings. The van der Waals surface area contributed by atoms with Crippen molar-refractivity contribution in [2.45, 2.75) is 50.0 Å². The molecular formula is C22H29N5O9. The van der Waals surface area contributed by atoms with Crippen LogP contribution in [-0.2, 0) is 30.4 Å². The zero-order valence-electron chi connectivity index (χ0n) is 19.3. The molecule has 10 N–H and O–H groups in total. The molecule has 5 atom stereocenters. The summed E-state index contributed by atoms with van der Waals surface area (Å²) >= 11 is 0. The van der Waals surface area contributed by atoms with Crippen molar-refractivity contribution in [2.75, 3.05) is 6.61 Å². The van der Waals surface area contributed by atoms with E-state index in [2.05, 4.69) is 20.9 Å². The predicted octanol–water partition coefficient (Wildman–Crippen LogP) is -2.58. The molecule has 14 heteroatoms. The molecule has 3 amide bonds. The van der Waals surface area contributed by atoms with Crippen LogP contribution in [0.1, 0.15) is 18.9 Å². The minimum absolute atomic E-state index is 0.105. The van der Waals surface area contributed by atoms with E-state index >= 15 is 0 Å². The number of aromatic amines is 1. The largest absolute Gasteiger partial charge is 0.481 e. The van der Waals surface area contributed by atoms with E-state index in [4.69, 9.17) is 10.8 Å². The number of nitrogens with two attached hydrogens (primary N) is 1. The molecule has 0 aliphatic heterocycles. The van der Waals surface area contributed by atoms with Crippen LogP contribution in [0, 0.1) is 0 Å². The van der Waals surface area contributed by atoms with Crippen molar-refractivity contribution in [1.82, 2.24) is 20.9 Å². The van der Waals surface area contributed by atoms with Gasteiger partial charge in [-0.2, -0.15) is 0 Å². The number of nitrogens with one attached hydrogen (secondary N) is 4. The monoisotopic (exact) mass is 507 g/mol. The molecule has 0 fully saturated rings. The molecule has 196 valence electrons. The van der Waals surface area contributed by atoms with E-state index in [9.17, 15) is 39.3 Å². The lowest BCUT2D eigenvalue weighted by molar-refractivity contribution is -0.143. The molecule has 2 rings (SSSR count). The van der Waals surface area contributed by atoms with Crippen LogP contribution in [0.5, 0.6) is 0 Å². The SMILES string of the molecule is CC(O)C(N)C(=O)NC(CC(=O)O)C(=O)NC(CO)C(=O)NC(Cc1c[nH]c2ccccc12)C(=O)O. The van der Waals surface area contributed by atoms with Crippen LogP contribution < -0.4 is 21.7 Å². The van der Waals surface area contributed by atoms with Crippen LogP contribution in [-0.4, -0.2) is 91.9 Å². The number of H-pyrrole nitrogens is 1. The average Bonchev–Trinajstić information content (AvgIpc) is 3.23. The molecule has 0 aliphatic rings. The highest BCUT2D eigenvalue weighted by molar-refractivity contribution is 5.96. The average molecular weight is 508 g/mol. The normalized spacial score (nSPS) is 15.2. The van der Waals surface area contributed by atoms with Crippen molar-refractivity contribution in [2.24, 2.45) is 5.73 Å². The Kier molecular flexibility index (Phi) is 9.90. The number of aromatic nitrogens is 1. The number of amides is 3. The molecule has 1 heterocycles. The van der Waals surface area contributed by atoms with Gasteiger partial charge in [0.2, 0.25) is 17.7 Å². The number of carboxylic acid groups (broad SMARTS) is 2. The molecular weight excluding hydrogens is 478 g/mol. The number of aliphatic hydroxyl groups excluding tert-OH is 2. The Bertz CT molecular complexity index is 1120. The molecule has 0 spiro atoms. The number of carbonyl (C=O) groups excluding carboxylic acids is 3. The molecule has 0 bridgehead atoms. The van der Waals surface area contributed by atoms with E-state index in [1.54, 1.807) is 30.5 Å². The molecule has 0 radical (unpaired) electrons. The number of hydrogen-bond acceptors (Lipinski definition) is 8. The van der Waals surface area contributed by atoms with Gasteiger partial charge in [-0.15, -0.1) is 0 Å². The lowest BCUT2D eigenvalue weighted by Gasteiger charge is -2.24. The summed E-state index contributed by atoms with van der Waals surface area (Å²) < 4.78 is 0. The number of fused-ring (bicyclic) bond motifs is 1. The van der Waals surface area contributed by atoms with Crippen molar-refractivity contribution in [3.05, 3.63) is 36.0 Å². The first-order valence-electron chi connectivity index (χ1n) is 10.9. The van der Waals surface area contributed by atoms with Crippen molar-refractivity contribution in [3.8, 4) is 0 Å². The van der Waals surface area contributed by atoms with Gasteiger partial charge in [-0.25, -0.2) is 4.79 Å². The third-order valence-corrected chi connectivity index (χ3v) is 5.36. The molecule has 1 aromatic heterocycles. The molecule has 14 nitrogen and oxygen atoms in total. The van der Waals surface area contributed by atoms with E-state index < -0.39 is 73.0 Å². The first-order valence-corrected chi connectivity index (χ1v) is 10.9. The van der Waals surface area contributed by atoms with Gasteiger partial charge in [-0.1, -0.05) is 18.2 Å². The number of aliphatic carboxylic acids is 2. The van der Waals surface area contributed by atoms with E-state index in [1.165, 1.54) is 6.92 Å². The Morgan fingerprint density at radius 3 is 2.11 bits per heavy atom. The summed E-state index contributed by atoms with van der Waals surface area (Å²) in [6.45, 7) is 0.274. The summed E-state index contributed by atoms with van der Waals surface area (Å²) in [4.78, 5) is 63.3. The summed E-state index contributed by atoms with van der Waals surface area (Å²) in [5.41, 5.74) is 6.87. The number of carboxylic acids is 2. The number of hydrogen-bond donors (Lipinski definition) is 9. The summed E-state index contributed by atoms with van der Waals surface area (Å²) in [6.07, 6.45) is -0.677. The second-order valence-corrected chi connectivity index (χ2v) is 8.13. The van der Waals surface area contributed by atoms with Crippen LogP contribution in [0.4, 0.5) is 0 Å². The topological polar surface area (TPSA) is 244 Å². The third kappa shape index (κ3) is 7.49. The zero-order chi connectivity index (χ0) is 27.0. The maximum Gasteiger partial charge on any atom is 0.326 e. The zero-order valence-corrected chi connectivity index (χ0v) is 19.3. The van der Waals surface area contributed by atoms with E-state index in [0.717, 1.165) is 10.9 Å². The van der Waals surface area contributed by atoms with E-state index in [0.29, 0.717) is 5.56 Å². The standard InChI is InChI=1S/C22H29N5O9/c1-10(29)18(23)21(34)25-14(7-17(30)31)19(32)27-16(9-28)20(33)26-15(22(35)36)6-11-8-24-13-5-3-2-4-12(11)13/h2-5,8,10,14-16,18,24,28-29H,6-7,9,23H2,1H3,(H,25,34)(H,26,33)(H,27,32)(H,30,31)(H,35,36). The quantitative estimate of drug-likeness (QED) is 0.137. The van der Waals surface area contributed by atoms with Gasteiger partial charge < -0.3 is 47.1 Å². The highest BCUT2D eigenvalue weighted by Crippen LogP contribution is 2.19. The van der Waals surface area contributed by atoms with Gasteiger partial charge in [-0.3, -0.25) is 19.2 Å². The summed E-state index contributed by atoms with van der Waals surface area (Å²) in [6, 6.07) is 0.929. The maximum atomic E-state index is 12.7. The Balaban J connectivity index is 2.11. The van der Waals surface area contributed by atoms with Gasteiger partial charge in [-0.05, 0) is 18.6 Å². The smallest absolute Gasteiger partial charge is 0.326 e. The minimum Gasteiger partial charge on any atom is -0.481 e. The van der Waals surface area contributed by atoms with Gasteiger partial charge in [0.1, 0.15) is 24.2 Å². The van der Waals surface area contributed by atoms with Gasteiger partial charge in [0, 0.05) is 23.5 Å². The van der Waals surface area contributed by atoms with Gasteiger partial charge >= 0.3 is 11.9 Å². The van der Waals surface area contributed by atoms with Crippen molar-refractivity contribution in [3.63, 3.8) is 0 Å². The van der Waals surface area contributed by atoms with Crippen LogP contribution >= 0.6 is 0 Å². The summed E-state index contributed by atoms with van der Waals surface area (Å²) in [5.74, 6) is -6.02. The van der Waals surface area contributed by atoms with Crippen LogP contribution in [0.25, 0.3) is 10.9 Å². The number of carbonyl (C=O) groups is 5. The van der Waals surface area contributed by atoms with Crippen molar-refractivity contribution >= 4 is 40.6 Å². The van der Waals surface area contributed by atoms with E-state index in [-0.39, 0.29) is 6.42 Å². The summed E-state index contributed by atoms with van der Waals surface area (Å²) in [5, 5.41) is 44.9. The molecule has 0 aliphatic carbocycles.